The maximum absolute atomic E-state index is 13.0. The second-order valence-electron chi connectivity index (χ2n) is 7.26. The minimum absolute atomic E-state index is 0.00763. The number of rotatable bonds is 3. The molecule has 4 rings (SSSR count). The molecule has 0 aliphatic carbocycles. The van der Waals surface area contributed by atoms with E-state index in [1.54, 1.807) is 12.1 Å². The van der Waals surface area contributed by atoms with Crippen molar-refractivity contribution >= 4 is 39.1 Å². The maximum Gasteiger partial charge on any atom is 0.265 e. The summed E-state index contributed by atoms with van der Waals surface area (Å²) in [5.41, 5.74) is 2.30. The number of carbonyl (C=O) groups is 2. The molecule has 0 bridgehead atoms. The fraction of sp³-hybridized carbons (Fsp3) is 0.318. The number of hydrogen-bond acceptors (Lipinski definition) is 5. The van der Waals surface area contributed by atoms with Crippen molar-refractivity contribution in [3.05, 3.63) is 52.5 Å². The number of nitriles is 1. The first-order chi connectivity index (χ1) is 14.5. The van der Waals surface area contributed by atoms with Crippen LogP contribution in [0.4, 0.5) is 11.4 Å². The van der Waals surface area contributed by atoms with Gasteiger partial charge >= 0.3 is 0 Å². The zero-order chi connectivity index (χ0) is 21.1. The summed E-state index contributed by atoms with van der Waals surface area (Å²) in [6.07, 6.45) is 0.840. The Morgan fingerprint density at radius 1 is 1.10 bits per heavy atom. The molecule has 30 heavy (non-hydrogen) atoms. The smallest absolute Gasteiger partial charge is 0.265 e. The van der Waals surface area contributed by atoms with E-state index in [2.05, 4.69) is 26.9 Å². The first-order valence-electron chi connectivity index (χ1n) is 9.81. The summed E-state index contributed by atoms with van der Waals surface area (Å²) in [5, 5.41) is 8.96. The lowest BCUT2D eigenvalue weighted by molar-refractivity contribution is -0.131. The zero-order valence-electron chi connectivity index (χ0n) is 16.4. The molecule has 7 nitrogen and oxygen atoms in total. The van der Waals surface area contributed by atoms with Gasteiger partial charge in [-0.05, 0) is 48.9 Å². The number of nitrogens with zero attached hydrogens (tertiary/aromatic N) is 4. The van der Waals surface area contributed by atoms with Gasteiger partial charge in [-0.1, -0.05) is 15.9 Å². The molecule has 0 unspecified atom stereocenters. The van der Waals surface area contributed by atoms with E-state index in [9.17, 15) is 9.59 Å². The third kappa shape index (κ3) is 4.26. The SMILES string of the molecule is N#Cc1ccc(N2CCCN(C(=O)CN3C(=O)COc4cc(Br)ccc43)CC2)cc1. The van der Waals surface area contributed by atoms with Crippen LogP contribution in [0.3, 0.4) is 0 Å². The Hall–Kier alpha value is -3.05. The molecule has 2 amide bonds. The molecule has 0 atom stereocenters. The molecule has 0 aromatic heterocycles. The number of carbonyl (C=O) groups excluding carboxylic acids is 2. The Bertz CT molecular complexity index is 1000. The van der Waals surface area contributed by atoms with Gasteiger partial charge in [-0.2, -0.15) is 5.26 Å². The van der Waals surface area contributed by atoms with Crippen LogP contribution in [0.5, 0.6) is 5.75 Å². The Morgan fingerprint density at radius 3 is 2.67 bits per heavy atom. The topological polar surface area (TPSA) is 76.9 Å². The zero-order valence-corrected chi connectivity index (χ0v) is 18.0. The molecule has 154 valence electrons. The third-order valence-electron chi connectivity index (χ3n) is 5.37. The van der Waals surface area contributed by atoms with Crippen LogP contribution >= 0.6 is 15.9 Å². The lowest BCUT2D eigenvalue weighted by atomic mass is 10.2. The van der Waals surface area contributed by atoms with Crippen LogP contribution in [0.2, 0.25) is 0 Å². The van der Waals surface area contributed by atoms with Gasteiger partial charge in [0.15, 0.2) is 6.61 Å². The van der Waals surface area contributed by atoms with Gasteiger partial charge in [0.1, 0.15) is 12.3 Å². The van der Waals surface area contributed by atoms with E-state index in [-0.39, 0.29) is 25.0 Å². The van der Waals surface area contributed by atoms with E-state index < -0.39 is 0 Å². The maximum atomic E-state index is 13.0. The number of benzene rings is 2. The van der Waals surface area contributed by atoms with Crippen molar-refractivity contribution in [2.24, 2.45) is 0 Å². The van der Waals surface area contributed by atoms with Crippen molar-refractivity contribution in [3.8, 4) is 11.8 Å². The van der Waals surface area contributed by atoms with Crippen molar-refractivity contribution in [1.82, 2.24) is 4.90 Å². The largest absolute Gasteiger partial charge is 0.482 e. The lowest BCUT2D eigenvalue weighted by Crippen LogP contribution is -2.47. The van der Waals surface area contributed by atoms with Gasteiger partial charge in [0.2, 0.25) is 5.91 Å². The van der Waals surface area contributed by atoms with Crippen molar-refractivity contribution in [1.29, 1.82) is 5.26 Å². The highest BCUT2D eigenvalue weighted by Gasteiger charge is 2.29. The Balaban J connectivity index is 1.42. The molecular formula is C22H21BrN4O3. The second-order valence-corrected chi connectivity index (χ2v) is 8.18. The van der Waals surface area contributed by atoms with Gasteiger partial charge in [-0.25, -0.2) is 0 Å². The van der Waals surface area contributed by atoms with Gasteiger partial charge in [0.25, 0.3) is 5.91 Å². The van der Waals surface area contributed by atoms with Crippen LogP contribution in [-0.4, -0.2) is 56.0 Å². The summed E-state index contributed by atoms with van der Waals surface area (Å²) in [5.74, 6) is 0.313. The molecule has 0 radical (unpaired) electrons. The molecule has 2 aliphatic rings. The predicted octanol–water partition coefficient (Wildman–Crippen LogP) is 2.79. The number of hydrogen-bond donors (Lipinski definition) is 0. The first-order valence-corrected chi connectivity index (χ1v) is 10.6. The lowest BCUT2D eigenvalue weighted by Gasteiger charge is -2.31. The number of amides is 2. The van der Waals surface area contributed by atoms with E-state index in [4.69, 9.17) is 10.00 Å². The van der Waals surface area contributed by atoms with Gasteiger partial charge < -0.3 is 14.5 Å². The Kier molecular flexibility index (Phi) is 5.91. The van der Waals surface area contributed by atoms with E-state index in [0.717, 1.165) is 23.1 Å². The molecule has 2 heterocycles. The van der Waals surface area contributed by atoms with Crippen molar-refractivity contribution in [2.75, 3.05) is 49.1 Å². The van der Waals surface area contributed by atoms with E-state index >= 15 is 0 Å². The van der Waals surface area contributed by atoms with Crippen LogP contribution in [0.15, 0.2) is 46.9 Å². The van der Waals surface area contributed by atoms with Gasteiger partial charge in [0, 0.05) is 36.3 Å². The predicted molar refractivity (Wildman–Crippen MR) is 117 cm³/mol. The summed E-state index contributed by atoms with van der Waals surface area (Å²) < 4.78 is 6.36. The monoisotopic (exact) mass is 468 g/mol. The minimum atomic E-state index is -0.216. The average Bonchev–Trinajstić information content (AvgIpc) is 3.02. The Labute approximate surface area is 183 Å². The quantitative estimate of drug-likeness (QED) is 0.691. The first kappa shape index (κ1) is 20.2. The minimum Gasteiger partial charge on any atom is -0.482 e. The highest BCUT2D eigenvalue weighted by atomic mass is 79.9. The van der Waals surface area contributed by atoms with Crippen molar-refractivity contribution in [3.63, 3.8) is 0 Å². The molecule has 2 aliphatic heterocycles. The number of fused-ring (bicyclic) bond motifs is 1. The summed E-state index contributed by atoms with van der Waals surface area (Å²) in [7, 11) is 0. The highest BCUT2D eigenvalue weighted by molar-refractivity contribution is 9.10. The molecule has 1 fully saturated rings. The van der Waals surface area contributed by atoms with Gasteiger partial charge in [0.05, 0.1) is 17.3 Å². The number of ether oxygens (including phenoxy) is 1. The number of halogens is 1. The van der Waals surface area contributed by atoms with E-state index in [1.807, 2.05) is 35.2 Å². The van der Waals surface area contributed by atoms with Crippen LogP contribution in [0.1, 0.15) is 12.0 Å². The summed E-state index contributed by atoms with van der Waals surface area (Å²) >= 11 is 3.40. The fourth-order valence-corrected chi connectivity index (χ4v) is 4.10. The normalized spacial score (nSPS) is 16.4. The summed E-state index contributed by atoms with van der Waals surface area (Å²) in [6, 6.07) is 15.1. The standard InChI is InChI=1S/C22H21BrN4O3/c23-17-4-7-19-20(12-17)30-15-22(29)27(19)14-21(28)26-9-1-8-25(10-11-26)18-5-2-16(13-24)3-6-18/h2-7,12H,1,8-11,14-15H2. The van der Waals surface area contributed by atoms with Crippen LogP contribution in [-0.2, 0) is 9.59 Å². The third-order valence-corrected chi connectivity index (χ3v) is 5.86. The molecule has 0 saturated carbocycles. The molecule has 2 aromatic carbocycles. The Morgan fingerprint density at radius 2 is 1.90 bits per heavy atom. The van der Waals surface area contributed by atoms with Crippen molar-refractivity contribution < 1.29 is 14.3 Å². The second kappa shape index (κ2) is 8.76. The molecule has 0 spiro atoms. The highest BCUT2D eigenvalue weighted by Crippen LogP contribution is 2.34. The number of anilines is 2. The molecular weight excluding hydrogens is 448 g/mol. The molecule has 2 aromatic rings. The van der Waals surface area contributed by atoms with Gasteiger partial charge in [-0.15, -0.1) is 0 Å². The summed E-state index contributed by atoms with van der Waals surface area (Å²) in [4.78, 5) is 31.0. The molecule has 1 saturated heterocycles. The van der Waals surface area contributed by atoms with Crippen molar-refractivity contribution in [2.45, 2.75) is 6.42 Å². The molecule has 0 N–H and O–H groups in total. The fourth-order valence-electron chi connectivity index (χ4n) is 3.76. The van der Waals surface area contributed by atoms with E-state index in [0.29, 0.717) is 36.6 Å². The van der Waals surface area contributed by atoms with Crippen LogP contribution in [0.25, 0.3) is 0 Å². The van der Waals surface area contributed by atoms with E-state index in [1.165, 1.54) is 4.90 Å². The summed E-state index contributed by atoms with van der Waals surface area (Å²) in [6.45, 7) is 2.72. The molecule has 8 heteroatoms. The van der Waals surface area contributed by atoms with Crippen LogP contribution < -0.4 is 14.5 Å². The van der Waals surface area contributed by atoms with Crippen LogP contribution in [0, 0.1) is 11.3 Å². The van der Waals surface area contributed by atoms with Gasteiger partial charge in [-0.3, -0.25) is 14.5 Å². The average molecular weight is 469 g/mol.